The van der Waals surface area contributed by atoms with E-state index in [0.29, 0.717) is 0 Å². The Morgan fingerprint density at radius 3 is 2.63 bits per heavy atom. The molecule has 0 radical (unpaired) electrons. The molecule has 2 N–H and O–H groups in total. The topological polar surface area (TPSA) is 122 Å². The molecule has 1 aliphatic rings. The fourth-order valence-electron chi connectivity index (χ4n) is 1.92. The summed E-state index contributed by atoms with van der Waals surface area (Å²) in [5.41, 5.74) is 0. The van der Waals surface area contributed by atoms with Crippen LogP contribution in [0.1, 0.15) is 6.42 Å². The highest BCUT2D eigenvalue weighted by Gasteiger charge is 2.32. The van der Waals surface area contributed by atoms with Crippen molar-refractivity contribution in [3.8, 4) is 0 Å². The number of aromatic nitrogens is 2. The normalized spacial score (nSPS) is 22.7. The van der Waals surface area contributed by atoms with Crippen LogP contribution in [0, 0.1) is 10.1 Å². The molecule has 19 heavy (non-hydrogen) atoms. The molecule has 1 aliphatic heterocycles. The molecule has 2 rings (SSSR count). The second kappa shape index (κ2) is 5.33. The zero-order chi connectivity index (χ0) is 14.0. The number of nitro groups is 1. The number of aryl methyl sites for hydroxylation is 1. The van der Waals surface area contributed by atoms with Gasteiger partial charge in [0.2, 0.25) is 12.2 Å². The van der Waals surface area contributed by atoms with Crippen molar-refractivity contribution >= 4 is 11.7 Å². The van der Waals surface area contributed by atoms with Crippen LogP contribution < -0.4 is 0 Å². The third kappa shape index (κ3) is 3.06. The molecule has 1 saturated heterocycles. The second-order valence-corrected chi connectivity index (χ2v) is 4.41. The highest BCUT2D eigenvalue weighted by atomic mass is 16.6. The fraction of sp³-hybridized carbons (Fsp3) is 0.600. The maximum Gasteiger partial charge on any atom is 0.381 e. The Labute approximate surface area is 108 Å². The number of rotatable bonds is 4. The Morgan fingerprint density at radius 2 is 2.11 bits per heavy atom. The molecule has 1 amide bonds. The van der Waals surface area contributed by atoms with Crippen molar-refractivity contribution in [1.82, 2.24) is 14.5 Å². The van der Waals surface area contributed by atoms with Crippen molar-refractivity contribution in [2.75, 3.05) is 13.1 Å². The minimum atomic E-state index is -0.904. The fourth-order valence-corrected chi connectivity index (χ4v) is 1.92. The van der Waals surface area contributed by atoms with E-state index in [9.17, 15) is 25.1 Å². The maximum atomic E-state index is 11.8. The predicted molar refractivity (Wildman–Crippen MR) is 62.1 cm³/mol. The molecule has 104 valence electrons. The Balaban J connectivity index is 1.85. The van der Waals surface area contributed by atoms with Crippen LogP contribution in [-0.2, 0) is 11.3 Å². The first-order valence-electron chi connectivity index (χ1n) is 5.77. The standard InChI is InChI=1S/C10H14N4O5/c15-7-3-13(4-8(7)16)10(17)1-2-12-5-9(11-6-12)14(18)19/h5-8,15-16H,1-4H2. The van der Waals surface area contributed by atoms with Gasteiger partial charge in [0.25, 0.3) is 0 Å². The summed E-state index contributed by atoms with van der Waals surface area (Å²) in [6.45, 7) is 0.497. The lowest BCUT2D eigenvalue weighted by Gasteiger charge is -2.14. The molecule has 1 fully saturated rings. The molecule has 0 saturated carbocycles. The van der Waals surface area contributed by atoms with E-state index in [1.165, 1.54) is 22.0 Å². The average molecular weight is 270 g/mol. The molecule has 2 atom stereocenters. The molecule has 2 unspecified atom stereocenters. The van der Waals surface area contributed by atoms with Gasteiger partial charge in [-0.05, 0) is 9.91 Å². The smallest absolute Gasteiger partial charge is 0.381 e. The van der Waals surface area contributed by atoms with Crippen LogP contribution in [0.15, 0.2) is 12.5 Å². The summed E-state index contributed by atoms with van der Waals surface area (Å²) in [7, 11) is 0. The highest BCUT2D eigenvalue weighted by Crippen LogP contribution is 2.12. The second-order valence-electron chi connectivity index (χ2n) is 4.41. The number of carbonyl (C=O) groups excluding carboxylic acids is 1. The Bertz CT molecular complexity index is 478. The summed E-state index contributed by atoms with van der Waals surface area (Å²) in [4.78, 5) is 26.6. The molecule has 2 heterocycles. The minimum Gasteiger partial charge on any atom is -0.388 e. The van der Waals surface area contributed by atoms with Gasteiger partial charge in [0.15, 0.2) is 0 Å². The van der Waals surface area contributed by atoms with Crippen LogP contribution in [0.25, 0.3) is 0 Å². The van der Waals surface area contributed by atoms with Crippen LogP contribution in [0.4, 0.5) is 5.82 Å². The van der Waals surface area contributed by atoms with E-state index in [-0.39, 0.29) is 37.8 Å². The van der Waals surface area contributed by atoms with Crippen LogP contribution in [0.5, 0.6) is 0 Å². The molecule has 9 heteroatoms. The summed E-state index contributed by atoms with van der Waals surface area (Å²) >= 11 is 0. The number of likely N-dealkylation sites (tertiary alicyclic amines) is 1. The van der Waals surface area contributed by atoms with Crippen molar-refractivity contribution in [3.05, 3.63) is 22.6 Å². The number of β-amino-alcohol motifs (C(OH)–C–C–N with tert-alkyl or cyclic N) is 2. The highest BCUT2D eigenvalue weighted by molar-refractivity contribution is 5.76. The molecule has 1 aromatic rings. The lowest BCUT2D eigenvalue weighted by molar-refractivity contribution is -0.389. The zero-order valence-corrected chi connectivity index (χ0v) is 10.0. The van der Waals surface area contributed by atoms with Gasteiger partial charge in [-0.25, -0.2) is 0 Å². The lowest BCUT2D eigenvalue weighted by Crippen LogP contribution is -2.30. The molecule has 0 aromatic carbocycles. The Kier molecular flexibility index (Phi) is 3.76. The van der Waals surface area contributed by atoms with Gasteiger partial charge in [0.05, 0.1) is 12.2 Å². The third-order valence-corrected chi connectivity index (χ3v) is 3.00. The molecule has 0 aliphatic carbocycles. The summed E-state index contributed by atoms with van der Waals surface area (Å²) < 4.78 is 1.46. The molecular weight excluding hydrogens is 256 g/mol. The monoisotopic (exact) mass is 270 g/mol. The van der Waals surface area contributed by atoms with E-state index in [1.807, 2.05) is 0 Å². The minimum absolute atomic E-state index is 0.115. The number of amides is 1. The van der Waals surface area contributed by atoms with Crippen LogP contribution in [0.3, 0.4) is 0 Å². The van der Waals surface area contributed by atoms with Gasteiger partial charge in [-0.3, -0.25) is 4.79 Å². The molecule has 1 aromatic heterocycles. The molecule has 9 nitrogen and oxygen atoms in total. The van der Waals surface area contributed by atoms with Crippen molar-refractivity contribution in [3.63, 3.8) is 0 Å². The number of aliphatic hydroxyl groups excluding tert-OH is 2. The SMILES string of the molecule is O=C(CCn1cnc([N+](=O)[O-])c1)N1CC(O)C(O)C1. The molecular formula is C10H14N4O5. The Morgan fingerprint density at radius 1 is 1.47 bits per heavy atom. The molecule has 0 spiro atoms. The lowest BCUT2D eigenvalue weighted by atomic mass is 10.3. The van der Waals surface area contributed by atoms with Gasteiger partial charge < -0.3 is 29.8 Å². The number of nitrogens with zero attached hydrogens (tertiary/aromatic N) is 4. The van der Waals surface area contributed by atoms with Gasteiger partial charge in [-0.15, -0.1) is 0 Å². The summed E-state index contributed by atoms with van der Waals surface area (Å²) in [6.07, 6.45) is 0.865. The van der Waals surface area contributed by atoms with E-state index < -0.39 is 17.1 Å². The van der Waals surface area contributed by atoms with Crippen LogP contribution in [-0.4, -0.2) is 60.8 Å². The number of hydrogen-bond donors (Lipinski definition) is 2. The summed E-state index contributed by atoms with van der Waals surface area (Å²) in [6, 6.07) is 0. The van der Waals surface area contributed by atoms with E-state index >= 15 is 0 Å². The van der Waals surface area contributed by atoms with Crippen molar-refractivity contribution < 1.29 is 19.9 Å². The van der Waals surface area contributed by atoms with Crippen molar-refractivity contribution in [1.29, 1.82) is 0 Å². The third-order valence-electron chi connectivity index (χ3n) is 3.00. The summed E-state index contributed by atoms with van der Waals surface area (Å²) in [5, 5.41) is 29.1. The van der Waals surface area contributed by atoms with Crippen LogP contribution in [0.2, 0.25) is 0 Å². The van der Waals surface area contributed by atoms with Gasteiger partial charge >= 0.3 is 5.82 Å². The summed E-state index contributed by atoms with van der Waals surface area (Å²) in [5.74, 6) is -0.480. The van der Waals surface area contributed by atoms with Crippen LogP contribution >= 0.6 is 0 Å². The van der Waals surface area contributed by atoms with E-state index in [4.69, 9.17) is 0 Å². The van der Waals surface area contributed by atoms with E-state index in [2.05, 4.69) is 4.98 Å². The van der Waals surface area contributed by atoms with Gasteiger partial charge in [0, 0.05) is 26.1 Å². The van der Waals surface area contributed by atoms with E-state index in [0.717, 1.165) is 0 Å². The van der Waals surface area contributed by atoms with Crippen molar-refractivity contribution in [2.24, 2.45) is 0 Å². The van der Waals surface area contributed by atoms with Gasteiger partial charge in [0.1, 0.15) is 6.20 Å². The predicted octanol–water partition coefficient (Wildman–Crippen LogP) is -1.25. The van der Waals surface area contributed by atoms with Gasteiger partial charge in [-0.1, -0.05) is 0 Å². The zero-order valence-electron chi connectivity index (χ0n) is 10.0. The first kappa shape index (κ1) is 13.4. The van der Waals surface area contributed by atoms with Crippen molar-refractivity contribution in [2.45, 2.75) is 25.2 Å². The Hall–Kier alpha value is -2.00. The van der Waals surface area contributed by atoms with E-state index in [1.54, 1.807) is 0 Å². The maximum absolute atomic E-state index is 11.8. The van der Waals surface area contributed by atoms with Gasteiger partial charge in [-0.2, -0.15) is 0 Å². The number of imidazole rings is 1. The quantitative estimate of drug-likeness (QED) is 0.520. The largest absolute Gasteiger partial charge is 0.388 e. The number of aliphatic hydroxyl groups is 2. The average Bonchev–Trinajstić information content (AvgIpc) is 2.94. The first-order chi connectivity index (χ1) is 8.97. The molecule has 0 bridgehead atoms. The first-order valence-corrected chi connectivity index (χ1v) is 5.77. The number of carbonyl (C=O) groups is 1. The number of hydrogen-bond acceptors (Lipinski definition) is 6.